The topological polar surface area (TPSA) is 119 Å². The maximum Gasteiger partial charge on any atom is 0.412 e. The second-order valence-electron chi connectivity index (χ2n) is 14.9. The van der Waals surface area contributed by atoms with E-state index >= 15 is 0 Å². The van der Waals surface area contributed by atoms with E-state index in [1.54, 1.807) is 39.2 Å². The molecule has 2 aliphatic heterocycles. The van der Waals surface area contributed by atoms with Crippen LogP contribution < -0.4 is 0 Å². The molecule has 2 saturated carbocycles. The SMILES string of the molecule is COC1CCC2(C1)OC(=O)C(c1c(C)cc(Cl)cc1Cl)=C2O.COC1CCC2(C1)OC(=O)C(c1c(C)cc(Cl)cc1Cl)=C2OP(C)(=S)OCC(F)(F)F.CP(=S)(Cl)OCC(F)(F)F. The molecule has 6 unspecified atom stereocenters. The molecule has 0 aromatic heterocycles. The Hall–Kier alpha value is -1.37. The van der Waals surface area contributed by atoms with Crippen LogP contribution in [0.2, 0.25) is 20.1 Å². The zero-order chi connectivity index (χ0) is 47.7. The molecule has 25 heteroatoms. The van der Waals surface area contributed by atoms with Crippen molar-refractivity contribution in [3.8, 4) is 0 Å². The molecule has 2 aliphatic carbocycles. The molecule has 6 rings (SSSR count). The predicted octanol–water partition coefficient (Wildman–Crippen LogP) is 12.9. The van der Waals surface area contributed by atoms with Gasteiger partial charge in [0.05, 0.1) is 22.3 Å². The van der Waals surface area contributed by atoms with Gasteiger partial charge in [-0.2, -0.15) is 26.3 Å². The summed E-state index contributed by atoms with van der Waals surface area (Å²) < 4.78 is 109. The molecular formula is C38H41Cl5F6O10P2S2. The fourth-order valence-corrected chi connectivity index (χ4v) is 10.8. The molecule has 2 spiro atoms. The monoisotopic (exact) mass is 1070 g/mol. The van der Waals surface area contributed by atoms with Crippen molar-refractivity contribution in [3.05, 3.63) is 78.1 Å². The molecule has 2 aromatic carbocycles. The number of esters is 2. The highest BCUT2D eigenvalue weighted by Crippen LogP contribution is 2.58. The van der Waals surface area contributed by atoms with Gasteiger partial charge < -0.3 is 37.6 Å². The minimum Gasteiger partial charge on any atom is -0.507 e. The van der Waals surface area contributed by atoms with E-state index in [-0.39, 0.29) is 46.3 Å². The van der Waals surface area contributed by atoms with Gasteiger partial charge in [0.2, 0.25) is 6.49 Å². The van der Waals surface area contributed by atoms with Crippen LogP contribution >= 0.6 is 69.8 Å². The van der Waals surface area contributed by atoms with Gasteiger partial charge in [-0.15, -0.1) is 0 Å². The minimum absolute atomic E-state index is 0.0163. The lowest BCUT2D eigenvalue weighted by atomic mass is 9.93. The maximum absolute atomic E-state index is 13.0. The molecule has 2 aromatic rings. The van der Waals surface area contributed by atoms with Gasteiger partial charge in [0.25, 0.3) is 0 Å². The molecule has 0 radical (unpaired) electrons. The summed E-state index contributed by atoms with van der Waals surface area (Å²) >= 11 is 39.5. The molecule has 2 heterocycles. The number of benzene rings is 2. The average molecular weight is 1080 g/mol. The van der Waals surface area contributed by atoms with E-state index in [1.165, 1.54) is 26.5 Å². The Morgan fingerprint density at radius 3 is 1.57 bits per heavy atom. The first-order chi connectivity index (χ1) is 28.9. The third-order valence-corrected chi connectivity index (χ3v) is 13.9. The number of halogens is 11. The van der Waals surface area contributed by atoms with Crippen molar-refractivity contribution >= 4 is 116 Å². The number of aliphatic hydroxyl groups is 1. The van der Waals surface area contributed by atoms with Crippen LogP contribution in [0, 0.1) is 13.8 Å². The van der Waals surface area contributed by atoms with Gasteiger partial charge in [0.15, 0.2) is 29.3 Å². The highest BCUT2D eigenvalue weighted by atomic mass is 35.7. The summed E-state index contributed by atoms with van der Waals surface area (Å²) in [6.45, 7) is -0.341. The third-order valence-electron chi connectivity index (χ3n) is 10.00. The molecule has 6 atom stereocenters. The van der Waals surface area contributed by atoms with E-state index in [4.69, 9.17) is 97.4 Å². The lowest BCUT2D eigenvalue weighted by Crippen LogP contribution is -2.31. The van der Waals surface area contributed by atoms with E-state index in [2.05, 4.69) is 16.3 Å². The zero-order valence-corrected chi connectivity index (χ0v) is 41.3. The summed E-state index contributed by atoms with van der Waals surface area (Å²) in [6, 6.07) is 6.33. The van der Waals surface area contributed by atoms with Gasteiger partial charge >= 0.3 is 24.3 Å². The van der Waals surface area contributed by atoms with Crippen LogP contribution in [0.3, 0.4) is 0 Å². The molecular weight excluding hydrogens is 1030 g/mol. The molecule has 2 fully saturated rings. The Labute approximate surface area is 394 Å². The van der Waals surface area contributed by atoms with Crippen LogP contribution in [-0.2, 0) is 65.7 Å². The van der Waals surface area contributed by atoms with Gasteiger partial charge in [-0.3, -0.25) is 0 Å². The van der Waals surface area contributed by atoms with Gasteiger partial charge in [-0.25, -0.2) is 9.59 Å². The number of carbonyl (C=O) groups is 2. The molecule has 0 amide bonds. The quantitative estimate of drug-likeness (QED) is 0.139. The van der Waals surface area contributed by atoms with Crippen LogP contribution in [0.5, 0.6) is 0 Å². The van der Waals surface area contributed by atoms with Crippen molar-refractivity contribution in [1.29, 1.82) is 0 Å². The van der Waals surface area contributed by atoms with Crippen LogP contribution in [-0.4, -0.2) is 93.6 Å². The lowest BCUT2D eigenvalue weighted by molar-refractivity contribution is -0.154. The summed E-state index contributed by atoms with van der Waals surface area (Å²) in [4.78, 5) is 25.4. The number of hydrogen-bond acceptors (Lipinski definition) is 12. The summed E-state index contributed by atoms with van der Waals surface area (Å²) in [7, 11) is 3.14. The molecule has 10 nitrogen and oxygen atoms in total. The minimum atomic E-state index is -4.58. The Balaban J connectivity index is 0.000000236. The second-order valence-corrected chi connectivity index (χ2v) is 27.0. The van der Waals surface area contributed by atoms with E-state index < -0.39 is 60.8 Å². The van der Waals surface area contributed by atoms with E-state index in [9.17, 15) is 41.0 Å². The fourth-order valence-electron chi connectivity index (χ4n) is 7.31. The van der Waals surface area contributed by atoms with Crippen molar-refractivity contribution < 1.29 is 73.6 Å². The fraction of sp³-hybridized carbons (Fsp3) is 0.526. The number of rotatable bonds is 10. The number of hydrogen-bond donors (Lipinski definition) is 1. The van der Waals surface area contributed by atoms with Crippen molar-refractivity contribution in [2.75, 3.05) is 40.8 Å². The summed E-state index contributed by atoms with van der Waals surface area (Å²) in [5.41, 5.74) is -2.63. The number of ether oxygens (including phenoxy) is 4. The van der Waals surface area contributed by atoms with Crippen molar-refractivity contribution in [3.63, 3.8) is 0 Å². The van der Waals surface area contributed by atoms with Crippen molar-refractivity contribution in [1.82, 2.24) is 0 Å². The van der Waals surface area contributed by atoms with Gasteiger partial charge in [0.1, 0.15) is 23.4 Å². The largest absolute Gasteiger partial charge is 0.507 e. The Bertz CT molecular complexity index is 2210. The van der Waals surface area contributed by atoms with Crippen molar-refractivity contribution in [2.45, 2.75) is 88.1 Å². The summed E-state index contributed by atoms with van der Waals surface area (Å²) in [5.74, 6) is -1.27. The number of alkyl halides is 6. The van der Waals surface area contributed by atoms with Crippen LogP contribution in [0.1, 0.15) is 60.8 Å². The van der Waals surface area contributed by atoms with Gasteiger partial charge in [-0.1, -0.05) is 69.5 Å². The van der Waals surface area contributed by atoms with Gasteiger partial charge in [0, 0.05) is 61.6 Å². The van der Waals surface area contributed by atoms with Gasteiger partial charge in [-0.05, 0) is 86.7 Å². The Morgan fingerprint density at radius 2 is 1.16 bits per heavy atom. The summed E-state index contributed by atoms with van der Waals surface area (Å²) in [6.07, 6.45) is -6.26. The van der Waals surface area contributed by atoms with Crippen LogP contribution in [0.25, 0.3) is 11.1 Å². The van der Waals surface area contributed by atoms with E-state index in [0.717, 1.165) is 6.42 Å². The third kappa shape index (κ3) is 14.1. The van der Waals surface area contributed by atoms with Crippen LogP contribution in [0.4, 0.5) is 26.3 Å². The molecule has 0 bridgehead atoms. The average Bonchev–Trinajstić information content (AvgIpc) is 3.87. The zero-order valence-electron chi connectivity index (χ0n) is 34.1. The molecule has 0 saturated heterocycles. The first-order valence-corrected chi connectivity index (χ1v) is 27.1. The summed E-state index contributed by atoms with van der Waals surface area (Å²) in [5, 5.41) is 12.0. The van der Waals surface area contributed by atoms with E-state index in [1.807, 2.05) is 0 Å². The lowest BCUT2D eigenvalue weighted by Gasteiger charge is -2.29. The number of aryl methyl sites for hydroxylation is 2. The normalized spacial score (nSPS) is 25.3. The van der Waals surface area contributed by atoms with Crippen molar-refractivity contribution in [2.24, 2.45) is 0 Å². The van der Waals surface area contributed by atoms with Crippen LogP contribution in [0.15, 0.2) is 35.8 Å². The predicted molar refractivity (Wildman–Crippen MR) is 237 cm³/mol. The highest BCUT2D eigenvalue weighted by Gasteiger charge is 2.56. The Morgan fingerprint density at radius 1 is 0.746 bits per heavy atom. The number of aliphatic hydroxyl groups excluding tert-OH is 1. The smallest absolute Gasteiger partial charge is 0.412 e. The Kier molecular flexibility index (Phi) is 18.0. The maximum atomic E-state index is 13.0. The first-order valence-electron chi connectivity index (χ1n) is 18.4. The molecule has 1 N–H and O–H groups in total. The molecule has 63 heavy (non-hydrogen) atoms. The molecule has 352 valence electrons. The molecule has 4 aliphatic rings. The highest BCUT2D eigenvalue weighted by molar-refractivity contribution is 8.24. The standard InChI is InChI=1S/C19H20Cl2F3O5PS.C16H16Cl2O4.C3H5ClF3OPS/c1-10-6-11(20)7-13(21)14(10)15-16(29-30(3,31)27-9-19(22,23)24)18(28-17(15)25)5-4-12(8-18)26-2;1-8-5-9(17)6-11(18)12(8)13-14(19)16(22-15(13)20)4-3-10(7-16)21-2;1-9(4,10)8-2-3(5,6)7/h6-7,12H,4-5,8-9H2,1-3H3;5-6,10,19H,3-4,7H2,1-2H3;2H2,1H3. The first kappa shape index (κ1) is 54.2. The number of methoxy groups -OCH3 is 2. The van der Waals surface area contributed by atoms with E-state index in [0.29, 0.717) is 63.0 Å². The second kappa shape index (κ2) is 20.9. The number of carbonyl (C=O) groups excluding carboxylic acids is 2.